The molecule has 3 unspecified atom stereocenters. The molecule has 1 rings (SSSR count). The molecule has 1 saturated carbocycles. The minimum Gasteiger partial charge on any atom is -0.371 e. The van der Waals surface area contributed by atoms with Crippen LogP contribution in [0.15, 0.2) is 0 Å². The normalized spacial score (nSPS) is 28.1. The highest BCUT2D eigenvalue weighted by Crippen LogP contribution is 2.40. The van der Waals surface area contributed by atoms with Crippen molar-refractivity contribution in [1.82, 2.24) is 0 Å². The van der Waals surface area contributed by atoms with E-state index in [2.05, 4.69) is 6.92 Å². The van der Waals surface area contributed by atoms with Crippen molar-refractivity contribution in [3.8, 4) is 0 Å². The Hall–Kier alpha value is -0.390. The fourth-order valence-corrected chi connectivity index (χ4v) is 2.51. The lowest BCUT2D eigenvalue weighted by Crippen LogP contribution is -2.43. The van der Waals surface area contributed by atoms with E-state index in [9.17, 15) is 22.0 Å². The van der Waals surface area contributed by atoms with Crippen molar-refractivity contribution in [3.63, 3.8) is 0 Å². The smallest absolute Gasteiger partial charge is 0.371 e. The molecule has 0 spiro atoms. The molecule has 1 nitrogen and oxygen atoms in total. The van der Waals surface area contributed by atoms with Crippen molar-refractivity contribution in [2.45, 2.75) is 57.2 Å². The van der Waals surface area contributed by atoms with Gasteiger partial charge in [-0.15, -0.1) is 0 Å². The van der Waals surface area contributed by atoms with Crippen molar-refractivity contribution in [3.05, 3.63) is 13.3 Å². The maximum absolute atomic E-state index is 12.9. The van der Waals surface area contributed by atoms with Gasteiger partial charge in [-0.05, 0) is 37.5 Å². The molecule has 0 aromatic carbocycles. The van der Waals surface area contributed by atoms with Crippen LogP contribution in [-0.2, 0) is 4.74 Å². The van der Waals surface area contributed by atoms with Crippen LogP contribution >= 0.6 is 0 Å². The average molecular weight is 300 g/mol. The Labute approximate surface area is 116 Å². The van der Waals surface area contributed by atoms with Crippen LogP contribution in [0.25, 0.3) is 0 Å². The standard InChI is InChI=1S/C14H21F5O/c1-3-5-6-11-8-7-10(4-2)12(11)20-9-13(15,16)14(17,18)19/h8,10-12H,2-7,9H2,1H3. The van der Waals surface area contributed by atoms with E-state index in [1.54, 1.807) is 0 Å². The third-order valence-electron chi connectivity index (χ3n) is 3.76. The highest BCUT2D eigenvalue weighted by atomic mass is 19.4. The molecule has 0 bridgehead atoms. The predicted octanol–water partition coefficient (Wildman–Crippen LogP) is 4.82. The van der Waals surface area contributed by atoms with E-state index in [1.807, 2.05) is 13.3 Å². The first-order chi connectivity index (χ1) is 9.23. The van der Waals surface area contributed by atoms with E-state index in [0.29, 0.717) is 12.8 Å². The molecule has 3 atom stereocenters. The Morgan fingerprint density at radius 2 is 1.90 bits per heavy atom. The summed E-state index contributed by atoms with van der Waals surface area (Å²) in [5.74, 6) is -4.91. The van der Waals surface area contributed by atoms with Crippen LogP contribution in [-0.4, -0.2) is 24.8 Å². The highest BCUT2D eigenvalue weighted by molar-refractivity contribution is 4.97. The zero-order valence-corrected chi connectivity index (χ0v) is 11.6. The van der Waals surface area contributed by atoms with E-state index >= 15 is 0 Å². The van der Waals surface area contributed by atoms with Crippen LogP contribution in [0.3, 0.4) is 0 Å². The summed E-state index contributed by atoms with van der Waals surface area (Å²) in [7, 11) is 0. The molecule has 0 aliphatic heterocycles. The predicted molar refractivity (Wildman–Crippen MR) is 66.1 cm³/mol. The fourth-order valence-electron chi connectivity index (χ4n) is 2.51. The van der Waals surface area contributed by atoms with Gasteiger partial charge >= 0.3 is 12.1 Å². The number of unbranched alkanes of at least 4 members (excludes halogenated alkanes) is 1. The second kappa shape index (κ2) is 7.05. The molecule has 1 fully saturated rings. The summed E-state index contributed by atoms with van der Waals surface area (Å²) in [6, 6.07) is 0. The van der Waals surface area contributed by atoms with Crippen molar-refractivity contribution in [1.29, 1.82) is 0 Å². The second-order valence-corrected chi connectivity index (χ2v) is 5.30. The molecule has 0 aromatic heterocycles. The van der Waals surface area contributed by atoms with Gasteiger partial charge < -0.3 is 4.74 Å². The Balaban J connectivity index is 2.61. The lowest BCUT2D eigenvalue weighted by molar-refractivity contribution is -0.301. The number of hydrogen-bond acceptors (Lipinski definition) is 1. The van der Waals surface area contributed by atoms with Gasteiger partial charge in [-0.1, -0.05) is 26.7 Å². The van der Waals surface area contributed by atoms with Crippen molar-refractivity contribution in [2.24, 2.45) is 11.8 Å². The van der Waals surface area contributed by atoms with Gasteiger partial charge in [-0.25, -0.2) is 0 Å². The van der Waals surface area contributed by atoms with Gasteiger partial charge in [0.2, 0.25) is 0 Å². The average Bonchev–Trinajstić information content (AvgIpc) is 2.74. The number of rotatable bonds is 7. The molecular weight excluding hydrogens is 279 g/mol. The van der Waals surface area contributed by atoms with E-state index in [-0.39, 0.29) is 11.8 Å². The first-order valence-corrected chi connectivity index (χ1v) is 6.91. The molecule has 118 valence electrons. The van der Waals surface area contributed by atoms with E-state index in [0.717, 1.165) is 19.3 Å². The monoisotopic (exact) mass is 300 g/mol. The first-order valence-electron chi connectivity index (χ1n) is 6.91. The number of hydrogen-bond donors (Lipinski definition) is 0. The molecule has 1 aliphatic carbocycles. The third kappa shape index (κ3) is 4.30. The molecule has 6 heteroatoms. The first kappa shape index (κ1) is 17.7. The second-order valence-electron chi connectivity index (χ2n) is 5.30. The van der Waals surface area contributed by atoms with Gasteiger partial charge in [0.1, 0.15) is 6.61 Å². The molecule has 0 saturated heterocycles. The van der Waals surface area contributed by atoms with E-state index in [4.69, 9.17) is 4.74 Å². The quantitative estimate of drug-likeness (QED) is 0.612. The van der Waals surface area contributed by atoms with Gasteiger partial charge in [0.25, 0.3) is 0 Å². The summed E-state index contributed by atoms with van der Waals surface area (Å²) in [5, 5.41) is 0. The number of halogens is 5. The highest BCUT2D eigenvalue weighted by Gasteiger charge is 2.58. The minimum atomic E-state index is -5.56. The van der Waals surface area contributed by atoms with Crippen LogP contribution in [0.2, 0.25) is 0 Å². The molecule has 0 aromatic rings. The summed E-state index contributed by atoms with van der Waals surface area (Å²) in [5.41, 5.74) is 0. The van der Waals surface area contributed by atoms with Crippen LogP contribution in [0.1, 0.15) is 39.0 Å². The van der Waals surface area contributed by atoms with Crippen LogP contribution in [0.5, 0.6) is 0 Å². The molecule has 0 N–H and O–H groups in total. The molecular formula is C14H21F5O. The summed E-state index contributed by atoms with van der Waals surface area (Å²) in [6.07, 6.45) is -0.412. The number of alkyl halides is 5. The summed E-state index contributed by atoms with van der Waals surface area (Å²) < 4.78 is 67.2. The summed E-state index contributed by atoms with van der Waals surface area (Å²) in [6.45, 7) is 4.11. The molecule has 1 aliphatic rings. The largest absolute Gasteiger partial charge is 0.455 e. The SMILES string of the molecule is [CH2]CC1C[CH]C(CCCC)C1OCC(F)(F)C(F)(F)F. The zero-order valence-electron chi connectivity index (χ0n) is 11.6. The third-order valence-corrected chi connectivity index (χ3v) is 3.76. The maximum Gasteiger partial charge on any atom is 0.455 e. The Morgan fingerprint density at radius 3 is 2.40 bits per heavy atom. The van der Waals surface area contributed by atoms with Gasteiger partial charge in [-0.3, -0.25) is 0 Å². The van der Waals surface area contributed by atoms with Crippen molar-refractivity contribution in [2.75, 3.05) is 6.61 Å². The molecule has 20 heavy (non-hydrogen) atoms. The van der Waals surface area contributed by atoms with E-state index in [1.165, 1.54) is 0 Å². The molecule has 0 amide bonds. The number of ether oxygens (including phenoxy) is 1. The van der Waals surface area contributed by atoms with E-state index < -0.39 is 24.8 Å². The summed E-state index contributed by atoms with van der Waals surface area (Å²) >= 11 is 0. The Bertz CT molecular complexity index is 290. The van der Waals surface area contributed by atoms with Crippen LogP contribution in [0.4, 0.5) is 22.0 Å². The van der Waals surface area contributed by atoms with Crippen LogP contribution < -0.4 is 0 Å². The van der Waals surface area contributed by atoms with Gasteiger partial charge in [-0.2, -0.15) is 22.0 Å². The van der Waals surface area contributed by atoms with Gasteiger partial charge in [0.15, 0.2) is 0 Å². The van der Waals surface area contributed by atoms with Crippen molar-refractivity contribution >= 4 is 0 Å². The Morgan fingerprint density at radius 1 is 1.25 bits per heavy atom. The van der Waals surface area contributed by atoms with Gasteiger partial charge in [0, 0.05) is 0 Å². The lowest BCUT2D eigenvalue weighted by atomic mass is 9.94. The van der Waals surface area contributed by atoms with Crippen LogP contribution in [0, 0.1) is 25.2 Å². The maximum atomic E-state index is 12.9. The Kier molecular flexibility index (Phi) is 6.23. The topological polar surface area (TPSA) is 9.23 Å². The van der Waals surface area contributed by atoms with Crippen molar-refractivity contribution < 1.29 is 26.7 Å². The molecule has 2 radical (unpaired) electrons. The van der Waals surface area contributed by atoms with Gasteiger partial charge in [0.05, 0.1) is 6.10 Å². The zero-order chi connectivity index (χ0) is 15.4. The fraction of sp³-hybridized carbons (Fsp3) is 0.857. The minimum absolute atomic E-state index is 0.0502. The molecule has 0 heterocycles. The lowest BCUT2D eigenvalue weighted by Gasteiger charge is -2.28. The summed E-state index contributed by atoms with van der Waals surface area (Å²) in [4.78, 5) is 0.